The first kappa shape index (κ1) is 10.5. The summed E-state index contributed by atoms with van der Waals surface area (Å²) in [6.45, 7) is 0. The Kier molecular flexibility index (Phi) is 2.49. The van der Waals surface area contributed by atoms with Crippen molar-refractivity contribution < 1.29 is 5.11 Å². The van der Waals surface area contributed by atoms with E-state index < -0.39 is 5.60 Å². The quantitative estimate of drug-likeness (QED) is 0.731. The van der Waals surface area contributed by atoms with Crippen molar-refractivity contribution in [1.29, 1.82) is 0 Å². The van der Waals surface area contributed by atoms with Crippen molar-refractivity contribution in [2.24, 2.45) is 0 Å². The van der Waals surface area contributed by atoms with Gasteiger partial charge >= 0.3 is 0 Å². The second-order valence-electron chi connectivity index (χ2n) is 4.75. The molecule has 1 unspecified atom stereocenters. The molecule has 0 radical (unpaired) electrons. The van der Waals surface area contributed by atoms with Gasteiger partial charge in [0.2, 0.25) is 0 Å². The molecule has 0 bridgehead atoms. The maximum absolute atomic E-state index is 10.8. The van der Waals surface area contributed by atoms with Gasteiger partial charge in [-0.2, -0.15) is 0 Å². The minimum absolute atomic E-state index is 0.779. The summed E-state index contributed by atoms with van der Waals surface area (Å²) in [5, 5.41) is 13.1. The molecule has 17 heavy (non-hydrogen) atoms. The van der Waals surface area contributed by atoms with Gasteiger partial charge in [0.1, 0.15) is 5.60 Å². The summed E-state index contributed by atoms with van der Waals surface area (Å²) in [4.78, 5) is 0. The average molecular weight is 224 g/mol. The highest BCUT2D eigenvalue weighted by atomic mass is 16.3. The lowest BCUT2D eigenvalue weighted by Crippen LogP contribution is -2.25. The maximum Gasteiger partial charge on any atom is 0.108 e. The first-order valence-corrected chi connectivity index (χ1v) is 6.18. The van der Waals surface area contributed by atoms with Crippen LogP contribution in [0, 0.1) is 0 Å². The number of hydrogen-bond donors (Lipinski definition) is 1. The molecule has 1 heteroatoms. The van der Waals surface area contributed by atoms with Crippen LogP contribution in [0.1, 0.15) is 24.8 Å². The molecule has 1 N–H and O–H groups in total. The molecular formula is C16H16O. The Morgan fingerprint density at radius 1 is 1.00 bits per heavy atom. The molecule has 0 heterocycles. The predicted molar refractivity (Wildman–Crippen MR) is 70.8 cm³/mol. The zero-order valence-corrected chi connectivity index (χ0v) is 9.76. The summed E-state index contributed by atoms with van der Waals surface area (Å²) < 4.78 is 0. The number of benzene rings is 2. The molecule has 0 saturated carbocycles. The molecule has 0 saturated heterocycles. The van der Waals surface area contributed by atoms with Gasteiger partial charge < -0.3 is 5.11 Å². The van der Waals surface area contributed by atoms with E-state index in [9.17, 15) is 5.11 Å². The Balaban J connectivity index is 2.23. The molecule has 2 aromatic rings. The Morgan fingerprint density at radius 2 is 1.82 bits per heavy atom. The maximum atomic E-state index is 10.8. The van der Waals surface area contributed by atoms with Gasteiger partial charge in [-0.1, -0.05) is 54.6 Å². The molecule has 1 aliphatic rings. The van der Waals surface area contributed by atoms with E-state index in [-0.39, 0.29) is 0 Å². The predicted octanol–water partition coefficient (Wildman–Crippen LogP) is 3.77. The van der Waals surface area contributed by atoms with E-state index in [1.807, 2.05) is 30.3 Å². The first-order chi connectivity index (χ1) is 8.30. The molecule has 86 valence electrons. The van der Waals surface area contributed by atoms with Crippen LogP contribution >= 0.6 is 0 Å². The van der Waals surface area contributed by atoms with Crippen LogP contribution < -0.4 is 0 Å². The summed E-state index contributed by atoms with van der Waals surface area (Å²) in [6.07, 6.45) is 6.99. The average Bonchev–Trinajstić information content (AvgIpc) is 2.39. The molecular weight excluding hydrogens is 208 g/mol. The van der Waals surface area contributed by atoms with Gasteiger partial charge in [0, 0.05) is 0 Å². The van der Waals surface area contributed by atoms with E-state index in [4.69, 9.17) is 0 Å². The fourth-order valence-corrected chi connectivity index (χ4v) is 2.68. The third-order valence-corrected chi connectivity index (χ3v) is 3.58. The van der Waals surface area contributed by atoms with Crippen molar-refractivity contribution in [3.05, 3.63) is 60.2 Å². The van der Waals surface area contributed by atoms with Crippen LogP contribution in [-0.2, 0) is 5.60 Å². The van der Waals surface area contributed by atoms with Gasteiger partial charge in [0.15, 0.2) is 0 Å². The first-order valence-electron chi connectivity index (χ1n) is 6.18. The Labute approximate surface area is 101 Å². The number of rotatable bonds is 1. The highest BCUT2D eigenvalue weighted by molar-refractivity contribution is 5.86. The number of aliphatic hydroxyl groups is 1. The van der Waals surface area contributed by atoms with Crippen LogP contribution in [0.5, 0.6) is 0 Å². The zero-order valence-electron chi connectivity index (χ0n) is 9.76. The summed E-state index contributed by atoms with van der Waals surface area (Å²) in [6, 6.07) is 14.4. The summed E-state index contributed by atoms with van der Waals surface area (Å²) in [7, 11) is 0. The van der Waals surface area contributed by atoms with Crippen molar-refractivity contribution in [2.75, 3.05) is 0 Å². The van der Waals surface area contributed by atoms with E-state index in [0.717, 1.165) is 30.2 Å². The molecule has 1 nitrogen and oxygen atoms in total. The molecule has 0 fully saturated rings. The number of allylic oxidation sites excluding steroid dienone is 1. The smallest absolute Gasteiger partial charge is 0.108 e. The molecule has 2 aromatic carbocycles. The Morgan fingerprint density at radius 3 is 2.65 bits per heavy atom. The molecule has 1 aliphatic carbocycles. The summed E-state index contributed by atoms with van der Waals surface area (Å²) >= 11 is 0. The largest absolute Gasteiger partial charge is 0.381 e. The van der Waals surface area contributed by atoms with Gasteiger partial charge in [-0.3, -0.25) is 0 Å². The van der Waals surface area contributed by atoms with Crippen molar-refractivity contribution in [3.8, 4) is 0 Å². The van der Waals surface area contributed by atoms with Gasteiger partial charge in [0.05, 0.1) is 0 Å². The number of fused-ring (bicyclic) bond motifs is 1. The zero-order chi connectivity index (χ0) is 11.7. The summed E-state index contributed by atoms with van der Waals surface area (Å²) in [5.41, 5.74) is 0.255. The molecule has 0 spiro atoms. The Bertz CT molecular complexity index is 565. The molecule has 1 atom stereocenters. The SMILES string of the molecule is OC1(c2cccc3ccccc23)C=CCCC1. The highest BCUT2D eigenvalue weighted by Gasteiger charge is 2.28. The molecule has 0 aliphatic heterocycles. The van der Waals surface area contributed by atoms with E-state index in [2.05, 4.69) is 24.3 Å². The third-order valence-electron chi connectivity index (χ3n) is 3.58. The fourth-order valence-electron chi connectivity index (χ4n) is 2.68. The minimum Gasteiger partial charge on any atom is -0.381 e. The second kappa shape index (κ2) is 4.01. The minimum atomic E-state index is -0.779. The Hall–Kier alpha value is -1.60. The van der Waals surface area contributed by atoms with Crippen molar-refractivity contribution in [2.45, 2.75) is 24.9 Å². The van der Waals surface area contributed by atoms with Crippen LogP contribution in [-0.4, -0.2) is 5.11 Å². The number of hydrogen-bond acceptors (Lipinski definition) is 1. The van der Waals surface area contributed by atoms with Crippen molar-refractivity contribution in [1.82, 2.24) is 0 Å². The van der Waals surface area contributed by atoms with E-state index in [0.29, 0.717) is 0 Å². The van der Waals surface area contributed by atoms with Gasteiger partial charge in [-0.05, 0) is 35.6 Å². The molecule has 3 rings (SSSR count). The van der Waals surface area contributed by atoms with E-state index in [1.165, 1.54) is 5.39 Å². The van der Waals surface area contributed by atoms with Gasteiger partial charge in [0.25, 0.3) is 0 Å². The van der Waals surface area contributed by atoms with Crippen LogP contribution in [0.2, 0.25) is 0 Å². The van der Waals surface area contributed by atoms with Crippen LogP contribution in [0.3, 0.4) is 0 Å². The topological polar surface area (TPSA) is 20.2 Å². The normalized spacial score (nSPS) is 24.1. The van der Waals surface area contributed by atoms with Crippen molar-refractivity contribution in [3.63, 3.8) is 0 Å². The molecule has 0 amide bonds. The summed E-state index contributed by atoms with van der Waals surface area (Å²) in [5.74, 6) is 0. The van der Waals surface area contributed by atoms with Crippen LogP contribution in [0.4, 0.5) is 0 Å². The van der Waals surface area contributed by atoms with E-state index in [1.54, 1.807) is 0 Å². The molecule has 0 aromatic heterocycles. The standard InChI is InChI=1S/C16H16O/c17-16(11-4-1-5-12-16)15-10-6-8-13-7-2-3-9-14(13)15/h2-4,6-11,17H,1,5,12H2. The van der Waals surface area contributed by atoms with Gasteiger partial charge in [-0.15, -0.1) is 0 Å². The lowest BCUT2D eigenvalue weighted by Gasteiger charge is -2.29. The lowest BCUT2D eigenvalue weighted by atomic mass is 9.82. The monoisotopic (exact) mass is 224 g/mol. The highest BCUT2D eigenvalue weighted by Crippen LogP contribution is 2.36. The van der Waals surface area contributed by atoms with Crippen LogP contribution in [0.25, 0.3) is 10.8 Å². The second-order valence-corrected chi connectivity index (χ2v) is 4.75. The van der Waals surface area contributed by atoms with E-state index >= 15 is 0 Å². The lowest BCUT2D eigenvalue weighted by molar-refractivity contribution is 0.0741. The fraction of sp³-hybridized carbons (Fsp3) is 0.250. The van der Waals surface area contributed by atoms with Crippen LogP contribution in [0.15, 0.2) is 54.6 Å². The van der Waals surface area contributed by atoms with Crippen molar-refractivity contribution >= 4 is 10.8 Å². The van der Waals surface area contributed by atoms with Gasteiger partial charge in [-0.25, -0.2) is 0 Å². The third kappa shape index (κ3) is 1.77.